The standard InChI is InChI=1S/C17H27N5S.HI/c1-4-6-7-8-9-10-21(3)16(18-5-2)19-13-15-14-22-11-12-23-17(22)20-15;/h4,11-12,14H,1,5-10,13H2,2-3H3,(H,18,19);1H. The molecule has 0 aliphatic heterocycles. The first-order chi connectivity index (χ1) is 11.2. The summed E-state index contributed by atoms with van der Waals surface area (Å²) in [5.41, 5.74) is 1.01. The summed E-state index contributed by atoms with van der Waals surface area (Å²) >= 11 is 1.65. The predicted molar refractivity (Wildman–Crippen MR) is 115 cm³/mol. The van der Waals surface area contributed by atoms with Gasteiger partial charge in [-0.2, -0.15) is 0 Å². The van der Waals surface area contributed by atoms with Gasteiger partial charge in [0, 0.05) is 37.9 Å². The van der Waals surface area contributed by atoms with Crippen molar-refractivity contribution in [3.8, 4) is 0 Å². The number of fused-ring (bicyclic) bond motifs is 1. The average molecular weight is 461 g/mol. The van der Waals surface area contributed by atoms with Gasteiger partial charge in [-0.1, -0.05) is 12.5 Å². The van der Waals surface area contributed by atoms with Crippen molar-refractivity contribution in [2.24, 2.45) is 4.99 Å². The number of aliphatic imine (C=N–C) groups is 1. The van der Waals surface area contributed by atoms with Crippen LogP contribution in [0.5, 0.6) is 0 Å². The van der Waals surface area contributed by atoms with Crippen molar-refractivity contribution < 1.29 is 0 Å². The Kier molecular flexibility index (Phi) is 10.0. The van der Waals surface area contributed by atoms with Crippen LogP contribution in [-0.2, 0) is 6.54 Å². The number of allylic oxidation sites excluding steroid dienone is 1. The van der Waals surface area contributed by atoms with Crippen molar-refractivity contribution in [1.82, 2.24) is 19.6 Å². The Balaban J connectivity index is 0.00000288. The van der Waals surface area contributed by atoms with Crippen LogP contribution in [0.15, 0.2) is 35.4 Å². The fourth-order valence-corrected chi connectivity index (χ4v) is 3.12. The first-order valence-corrected chi connectivity index (χ1v) is 9.14. The van der Waals surface area contributed by atoms with E-state index >= 15 is 0 Å². The second-order valence-electron chi connectivity index (χ2n) is 5.55. The minimum atomic E-state index is 0. The Morgan fingerprint density at radius 1 is 1.46 bits per heavy atom. The number of unbranched alkanes of at least 4 members (excludes halogenated alkanes) is 3. The molecular formula is C17H28IN5S. The first kappa shape index (κ1) is 21.0. The van der Waals surface area contributed by atoms with Crippen molar-refractivity contribution in [1.29, 1.82) is 0 Å². The Bertz CT molecular complexity index is 605. The highest BCUT2D eigenvalue weighted by Gasteiger charge is 2.07. The van der Waals surface area contributed by atoms with Crippen LogP contribution in [0.4, 0.5) is 0 Å². The molecular weight excluding hydrogens is 433 g/mol. The minimum absolute atomic E-state index is 0. The van der Waals surface area contributed by atoms with E-state index in [0.29, 0.717) is 6.54 Å². The van der Waals surface area contributed by atoms with E-state index in [2.05, 4.69) is 35.8 Å². The summed E-state index contributed by atoms with van der Waals surface area (Å²) in [6, 6.07) is 0. The maximum atomic E-state index is 4.72. The number of guanidine groups is 1. The number of imidazole rings is 1. The Hall–Kier alpha value is -1.09. The van der Waals surface area contributed by atoms with Gasteiger partial charge >= 0.3 is 0 Å². The van der Waals surface area contributed by atoms with Gasteiger partial charge in [0.15, 0.2) is 10.9 Å². The van der Waals surface area contributed by atoms with E-state index in [4.69, 9.17) is 4.99 Å². The number of nitrogens with one attached hydrogen (secondary N) is 1. The van der Waals surface area contributed by atoms with Crippen molar-refractivity contribution in [2.75, 3.05) is 20.1 Å². The van der Waals surface area contributed by atoms with E-state index in [1.54, 1.807) is 11.3 Å². The fraction of sp³-hybridized carbons (Fsp3) is 0.529. The zero-order valence-electron chi connectivity index (χ0n) is 14.6. The lowest BCUT2D eigenvalue weighted by Gasteiger charge is -2.21. The molecule has 0 bridgehead atoms. The molecule has 0 amide bonds. The van der Waals surface area contributed by atoms with Gasteiger partial charge in [0.2, 0.25) is 0 Å². The number of rotatable bonds is 9. The van der Waals surface area contributed by atoms with Gasteiger partial charge in [0.05, 0.1) is 12.2 Å². The van der Waals surface area contributed by atoms with Gasteiger partial charge in [-0.25, -0.2) is 9.98 Å². The topological polar surface area (TPSA) is 44.9 Å². The SMILES string of the molecule is C=CCCCCCN(C)C(=NCc1cn2ccsc2n1)NCC.I. The molecule has 0 aliphatic rings. The van der Waals surface area contributed by atoms with Crippen molar-refractivity contribution in [3.63, 3.8) is 0 Å². The lowest BCUT2D eigenvalue weighted by molar-refractivity contribution is 0.455. The molecule has 134 valence electrons. The van der Waals surface area contributed by atoms with Crippen LogP contribution in [0.25, 0.3) is 4.96 Å². The second kappa shape index (κ2) is 11.5. The van der Waals surface area contributed by atoms with Gasteiger partial charge < -0.3 is 10.2 Å². The molecule has 2 aromatic heterocycles. The molecule has 0 fully saturated rings. The minimum Gasteiger partial charge on any atom is -0.357 e. The van der Waals surface area contributed by atoms with Crippen molar-refractivity contribution in [2.45, 2.75) is 39.2 Å². The van der Waals surface area contributed by atoms with Crippen LogP contribution >= 0.6 is 35.3 Å². The Morgan fingerprint density at radius 2 is 2.29 bits per heavy atom. The first-order valence-electron chi connectivity index (χ1n) is 8.26. The number of thiazole rings is 1. The monoisotopic (exact) mass is 461 g/mol. The van der Waals surface area contributed by atoms with E-state index in [9.17, 15) is 0 Å². The summed E-state index contributed by atoms with van der Waals surface area (Å²) in [7, 11) is 2.10. The van der Waals surface area contributed by atoms with Crippen LogP contribution in [0.3, 0.4) is 0 Å². The smallest absolute Gasteiger partial charge is 0.194 e. The summed E-state index contributed by atoms with van der Waals surface area (Å²) in [5, 5.41) is 5.40. The molecule has 1 N–H and O–H groups in total. The van der Waals surface area contributed by atoms with Crippen LogP contribution in [-0.4, -0.2) is 40.4 Å². The van der Waals surface area contributed by atoms with Crippen LogP contribution < -0.4 is 5.32 Å². The van der Waals surface area contributed by atoms with Crippen LogP contribution in [0.2, 0.25) is 0 Å². The van der Waals surface area contributed by atoms with Gasteiger partial charge in [0.25, 0.3) is 0 Å². The predicted octanol–water partition coefficient (Wildman–Crippen LogP) is 4.16. The number of nitrogens with zero attached hydrogens (tertiary/aromatic N) is 4. The molecule has 0 unspecified atom stereocenters. The summed E-state index contributed by atoms with van der Waals surface area (Å²) in [5.74, 6) is 0.951. The highest BCUT2D eigenvalue weighted by Crippen LogP contribution is 2.12. The van der Waals surface area contributed by atoms with Gasteiger partial charge in [0.1, 0.15) is 0 Å². The molecule has 2 rings (SSSR count). The molecule has 0 radical (unpaired) electrons. The summed E-state index contributed by atoms with van der Waals surface area (Å²) in [6.07, 6.45) is 10.8. The van der Waals surface area contributed by atoms with Gasteiger partial charge in [-0.3, -0.25) is 4.40 Å². The third-order valence-electron chi connectivity index (χ3n) is 3.63. The van der Waals surface area contributed by atoms with Crippen molar-refractivity contribution in [3.05, 3.63) is 36.1 Å². The molecule has 0 atom stereocenters. The van der Waals surface area contributed by atoms with E-state index in [0.717, 1.165) is 36.1 Å². The molecule has 0 aromatic carbocycles. The maximum Gasteiger partial charge on any atom is 0.194 e. The summed E-state index contributed by atoms with van der Waals surface area (Å²) in [6.45, 7) is 8.36. The lowest BCUT2D eigenvalue weighted by atomic mass is 10.2. The third kappa shape index (κ3) is 6.43. The normalized spacial score (nSPS) is 11.3. The molecule has 0 saturated carbocycles. The molecule has 0 aliphatic carbocycles. The van der Waals surface area contributed by atoms with E-state index in [1.165, 1.54) is 19.3 Å². The second-order valence-corrected chi connectivity index (χ2v) is 6.43. The highest BCUT2D eigenvalue weighted by molar-refractivity contribution is 14.0. The van der Waals surface area contributed by atoms with Gasteiger partial charge in [-0.05, 0) is 26.2 Å². The van der Waals surface area contributed by atoms with Gasteiger partial charge in [-0.15, -0.1) is 41.9 Å². The molecule has 24 heavy (non-hydrogen) atoms. The average Bonchev–Trinajstić information content (AvgIpc) is 3.12. The zero-order chi connectivity index (χ0) is 16.5. The Labute approximate surface area is 165 Å². The van der Waals surface area contributed by atoms with E-state index < -0.39 is 0 Å². The van der Waals surface area contributed by atoms with Crippen LogP contribution in [0.1, 0.15) is 38.3 Å². The summed E-state index contributed by atoms with van der Waals surface area (Å²) in [4.78, 5) is 12.5. The third-order valence-corrected chi connectivity index (χ3v) is 4.40. The zero-order valence-corrected chi connectivity index (χ0v) is 17.7. The molecule has 0 saturated heterocycles. The molecule has 2 aromatic rings. The fourth-order valence-electron chi connectivity index (χ4n) is 2.40. The lowest BCUT2D eigenvalue weighted by Crippen LogP contribution is -2.39. The van der Waals surface area contributed by atoms with Crippen molar-refractivity contribution >= 4 is 46.2 Å². The summed E-state index contributed by atoms with van der Waals surface area (Å²) < 4.78 is 2.05. The molecule has 5 nitrogen and oxygen atoms in total. The number of halogens is 1. The van der Waals surface area contributed by atoms with E-state index in [1.807, 2.05) is 28.3 Å². The van der Waals surface area contributed by atoms with E-state index in [-0.39, 0.29) is 24.0 Å². The quantitative estimate of drug-likeness (QED) is 0.201. The number of aromatic nitrogens is 2. The maximum absolute atomic E-state index is 4.72. The molecule has 7 heteroatoms. The van der Waals surface area contributed by atoms with Crippen LogP contribution in [0, 0.1) is 0 Å². The number of hydrogen-bond acceptors (Lipinski definition) is 3. The highest BCUT2D eigenvalue weighted by atomic mass is 127. The number of hydrogen-bond donors (Lipinski definition) is 1. The molecule has 2 heterocycles. The largest absolute Gasteiger partial charge is 0.357 e. The molecule has 0 spiro atoms. The Morgan fingerprint density at radius 3 is 3.00 bits per heavy atom.